The fourth-order valence-electron chi connectivity index (χ4n) is 5.54. The van der Waals surface area contributed by atoms with Crippen LogP contribution in [0.1, 0.15) is 62.1 Å². The van der Waals surface area contributed by atoms with Gasteiger partial charge in [0.15, 0.2) is 0 Å². The Morgan fingerprint density at radius 2 is 1.83 bits per heavy atom. The number of piperidine rings is 1. The summed E-state index contributed by atoms with van der Waals surface area (Å²) in [5, 5.41) is 10.8. The van der Waals surface area contributed by atoms with E-state index in [2.05, 4.69) is 0 Å². The number of rotatable bonds is 8. The van der Waals surface area contributed by atoms with E-state index in [1.165, 1.54) is 0 Å². The third-order valence-corrected chi connectivity index (χ3v) is 7.69. The molecule has 8 heteroatoms. The molecule has 1 N–H and O–H groups in total. The highest BCUT2D eigenvalue weighted by molar-refractivity contribution is 6.30. The van der Waals surface area contributed by atoms with Crippen molar-refractivity contribution < 1.29 is 19.5 Å². The Labute approximate surface area is 215 Å². The number of likely N-dealkylation sites (tertiary alicyclic amines) is 2. The summed E-state index contributed by atoms with van der Waals surface area (Å²) >= 11 is 12.5. The van der Waals surface area contributed by atoms with Gasteiger partial charge in [0.1, 0.15) is 0 Å². The van der Waals surface area contributed by atoms with Gasteiger partial charge >= 0.3 is 5.97 Å². The first-order valence-electron chi connectivity index (χ1n) is 12.1. The van der Waals surface area contributed by atoms with Crippen molar-refractivity contribution in [1.29, 1.82) is 0 Å². The molecule has 2 fully saturated rings. The predicted octanol–water partition coefficient (Wildman–Crippen LogP) is 5.54. The first-order chi connectivity index (χ1) is 16.8. The van der Waals surface area contributed by atoms with Crippen LogP contribution in [0.5, 0.6) is 0 Å². The lowest BCUT2D eigenvalue weighted by Gasteiger charge is -2.49. The molecular weight excluding hydrogens is 487 g/mol. The largest absolute Gasteiger partial charge is 0.481 e. The molecule has 186 valence electrons. The molecule has 0 saturated carbocycles. The topological polar surface area (TPSA) is 77.9 Å². The Bertz CT molecular complexity index is 1090. The Kier molecular flexibility index (Phi) is 8.02. The lowest BCUT2D eigenvalue weighted by atomic mass is 9.74. The fourth-order valence-corrected chi connectivity index (χ4v) is 5.86. The molecule has 4 rings (SSSR count). The van der Waals surface area contributed by atoms with E-state index in [-0.39, 0.29) is 36.2 Å². The van der Waals surface area contributed by atoms with E-state index in [1.807, 2.05) is 59.2 Å². The highest BCUT2D eigenvalue weighted by Gasteiger charge is 2.46. The van der Waals surface area contributed by atoms with Gasteiger partial charge < -0.3 is 14.9 Å². The molecule has 2 saturated heterocycles. The maximum Gasteiger partial charge on any atom is 0.304 e. The molecule has 0 aromatic heterocycles. The summed E-state index contributed by atoms with van der Waals surface area (Å²) in [6.45, 7) is 3.12. The van der Waals surface area contributed by atoms with Crippen molar-refractivity contribution in [2.75, 3.05) is 13.1 Å². The summed E-state index contributed by atoms with van der Waals surface area (Å²) in [7, 11) is 0. The summed E-state index contributed by atoms with van der Waals surface area (Å²) in [6, 6.07) is 14.4. The van der Waals surface area contributed by atoms with Gasteiger partial charge in [-0.3, -0.25) is 14.4 Å². The van der Waals surface area contributed by atoms with Gasteiger partial charge in [-0.1, -0.05) is 54.4 Å². The van der Waals surface area contributed by atoms with Crippen LogP contribution in [0.15, 0.2) is 48.5 Å². The number of carboxylic acid groups (broad SMARTS) is 1. The number of amides is 2. The van der Waals surface area contributed by atoms with Gasteiger partial charge in [0.05, 0.1) is 12.5 Å². The molecule has 0 spiro atoms. The first kappa shape index (κ1) is 25.5. The number of benzene rings is 2. The molecule has 2 amide bonds. The van der Waals surface area contributed by atoms with Crippen molar-refractivity contribution in [3.05, 3.63) is 69.7 Å². The SMILES string of the molecule is CCC(CN1CCCC1=O)N1C(=O)C(CC(=O)O)CC(c2cccc(Cl)c2)C1c1ccc(Cl)cc1. The monoisotopic (exact) mass is 516 g/mol. The molecular formula is C27H30Cl2N2O4. The zero-order valence-corrected chi connectivity index (χ0v) is 21.2. The van der Waals surface area contributed by atoms with Crippen LogP contribution in [-0.2, 0) is 14.4 Å². The van der Waals surface area contributed by atoms with Crippen molar-refractivity contribution in [3.8, 4) is 0 Å². The Balaban J connectivity index is 1.82. The zero-order chi connectivity index (χ0) is 25.1. The number of carboxylic acids is 1. The van der Waals surface area contributed by atoms with Gasteiger partial charge in [-0.25, -0.2) is 0 Å². The second-order valence-corrected chi connectivity index (χ2v) is 10.3. The minimum absolute atomic E-state index is 0.101. The van der Waals surface area contributed by atoms with Gasteiger partial charge in [0, 0.05) is 47.4 Å². The van der Waals surface area contributed by atoms with Crippen molar-refractivity contribution in [2.45, 2.75) is 57.0 Å². The highest BCUT2D eigenvalue weighted by atomic mass is 35.5. The first-order valence-corrected chi connectivity index (χ1v) is 12.9. The van der Waals surface area contributed by atoms with E-state index in [4.69, 9.17) is 23.2 Å². The van der Waals surface area contributed by atoms with Crippen molar-refractivity contribution in [2.24, 2.45) is 5.92 Å². The Hall–Kier alpha value is -2.57. The van der Waals surface area contributed by atoms with Crippen LogP contribution in [0.2, 0.25) is 10.0 Å². The van der Waals surface area contributed by atoms with E-state index >= 15 is 0 Å². The highest BCUT2D eigenvalue weighted by Crippen LogP contribution is 2.47. The molecule has 2 aliphatic rings. The van der Waals surface area contributed by atoms with Crippen LogP contribution in [-0.4, -0.2) is 51.8 Å². The average Bonchev–Trinajstić information content (AvgIpc) is 3.23. The number of hydrogen-bond donors (Lipinski definition) is 1. The third-order valence-electron chi connectivity index (χ3n) is 7.20. The van der Waals surface area contributed by atoms with E-state index in [0.29, 0.717) is 42.4 Å². The summed E-state index contributed by atoms with van der Waals surface area (Å²) in [4.78, 5) is 41.7. The minimum Gasteiger partial charge on any atom is -0.481 e. The minimum atomic E-state index is -0.999. The van der Waals surface area contributed by atoms with Gasteiger partial charge in [0.25, 0.3) is 0 Å². The smallest absolute Gasteiger partial charge is 0.304 e. The van der Waals surface area contributed by atoms with Crippen LogP contribution < -0.4 is 0 Å². The van der Waals surface area contributed by atoms with Crippen LogP contribution in [0.3, 0.4) is 0 Å². The molecule has 0 radical (unpaired) electrons. The molecule has 0 aliphatic carbocycles. The molecule has 2 heterocycles. The number of carbonyl (C=O) groups is 3. The molecule has 4 atom stereocenters. The quantitative estimate of drug-likeness (QED) is 0.499. The van der Waals surface area contributed by atoms with Gasteiger partial charge in [0.2, 0.25) is 11.8 Å². The van der Waals surface area contributed by atoms with Crippen LogP contribution in [0.25, 0.3) is 0 Å². The molecule has 6 nitrogen and oxygen atoms in total. The van der Waals surface area contributed by atoms with Crippen molar-refractivity contribution in [1.82, 2.24) is 9.80 Å². The third kappa shape index (κ3) is 5.65. The fraction of sp³-hybridized carbons (Fsp3) is 0.444. The van der Waals surface area contributed by atoms with Crippen molar-refractivity contribution in [3.63, 3.8) is 0 Å². The van der Waals surface area contributed by atoms with Crippen molar-refractivity contribution >= 4 is 41.0 Å². The summed E-state index contributed by atoms with van der Waals surface area (Å²) in [6.07, 6.45) is 2.14. The van der Waals surface area contributed by atoms with Gasteiger partial charge in [-0.15, -0.1) is 0 Å². The maximum absolute atomic E-state index is 13.9. The molecule has 35 heavy (non-hydrogen) atoms. The van der Waals surface area contributed by atoms with Crippen LogP contribution >= 0.6 is 23.2 Å². The van der Waals surface area contributed by atoms with E-state index in [9.17, 15) is 19.5 Å². The molecule has 0 bridgehead atoms. The number of aliphatic carboxylic acids is 1. The average molecular weight is 517 g/mol. The maximum atomic E-state index is 13.9. The number of halogens is 2. The normalized spacial score (nSPS) is 23.6. The van der Waals surface area contributed by atoms with Crippen LogP contribution in [0, 0.1) is 5.92 Å². The summed E-state index contributed by atoms with van der Waals surface area (Å²) < 4.78 is 0. The van der Waals surface area contributed by atoms with E-state index < -0.39 is 11.9 Å². The van der Waals surface area contributed by atoms with E-state index in [0.717, 1.165) is 17.5 Å². The lowest BCUT2D eigenvalue weighted by Crippen LogP contribution is -2.55. The number of hydrogen-bond acceptors (Lipinski definition) is 3. The van der Waals surface area contributed by atoms with Crippen LogP contribution in [0.4, 0.5) is 0 Å². The lowest BCUT2D eigenvalue weighted by molar-refractivity contribution is -0.153. The molecule has 2 aliphatic heterocycles. The second kappa shape index (κ2) is 11.0. The van der Waals surface area contributed by atoms with E-state index in [1.54, 1.807) is 6.07 Å². The molecule has 4 unspecified atom stereocenters. The predicted molar refractivity (Wildman–Crippen MR) is 135 cm³/mol. The Morgan fingerprint density at radius 1 is 1.09 bits per heavy atom. The number of carbonyl (C=O) groups excluding carboxylic acids is 2. The Morgan fingerprint density at radius 3 is 2.43 bits per heavy atom. The second-order valence-electron chi connectivity index (χ2n) is 9.44. The number of nitrogens with zero attached hydrogens (tertiary/aromatic N) is 2. The molecule has 2 aromatic carbocycles. The zero-order valence-electron chi connectivity index (χ0n) is 19.7. The standard InChI is InChI=1S/C27H30Cl2N2O4/c1-2-22(16-30-12-4-7-24(30)32)31-26(17-8-10-20(28)11-9-17)23(18-5-3-6-21(29)13-18)14-19(27(31)35)15-25(33)34/h3,5-6,8-11,13,19,22-23,26H,2,4,7,12,14-16H2,1H3,(H,33,34). The summed E-state index contributed by atoms with van der Waals surface area (Å²) in [5.41, 5.74) is 1.88. The van der Waals surface area contributed by atoms with Gasteiger partial charge in [-0.2, -0.15) is 0 Å². The summed E-state index contributed by atoms with van der Waals surface area (Å²) in [5.74, 6) is -1.90. The molecule has 2 aromatic rings. The van der Waals surface area contributed by atoms with Gasteiger partial charge in [-0.05, 0) is 54.7 Å².